The van der Waals surface area contributed by atoms with E-state index in [2.05, 4.69) is 25.1 Å². The van der Waals surface area contributed by atoms with E-state index in [0.717, 1.165) is 31.7 Å². The van der Waals surface area contributed by atoms with Crippen LogP contribution in [-0.2, 0) is 4.79 Å². The maximum atomic E-state index is 13.4. The van der Waals surface area contributed by atoms with Crippen molar-refractivity contribution in [3.05, 3.63) is 18.3 Å². The van der Waals surface area contributed by atoms with Gasteiger partial charge in [0.1, 0.15) is 5.52 Å². The number of nitrogens with one attached hydrogen (secondary N) is 1. The summed E-state index contributed by atoms with van der Waals surface area (Å²) < 4.78 is 32.6. The minimum atomic E-state index is -1.56. The van der Waals surface area contributed by atoms with Crippen molar-refractivity contribution in [3.8, 4) is 0 Å². The number of halogens is 2. The highest BCUT2D eigenvalue weighted by atomic mass is 19.2. The summed E-state index contributed by atoms with van der Waals surface area (Å²) in [5.74, 6) is -0.187. The number of hydrogen-bond acceptors (Lipinski definition) is 7. The summed E-state index contributed by atoms with van der Waals surface area (Å²) in [6.45, 7) is 3.66. The van der Waals surface area contributed by atoms with Gasteiger partial charge in [-0.15, -0.1) is 0 Å². The third-order valence-corrected chi connectivity index (χ3v) is 6.16. The second kappa shape index (κ2) is 7.49. The predicted molar refractivity (Wildman–Crippen MR) is 102 cm³/mol. The highest BCUT2D eigenvalue weighted by molar-refractivity contribution is 5.82. The van der Waals surface area contributed by atoms with Crippen LogP contribution in [0.5, 0.6) is 0 Å². The fourth-order valence-corrected chi connectivity index (χ4v) is 4.48. The SMILES string of the molecule is O=C([C@@H]1C[C@H](N2CCN(c3nc4cccnc4o3)CC2)CN1)N1C[C@@H](F)[C@@H](F)C1. The Balaban J connectivity index is 1.15. The molecule has 3 aliphatic rings. The molecular formula is C19H24F2N6O2. The second-order valence-corrected chi connectivity index (χ2v) is 7.97. The quantitative estimate of drug-likeness (QED) is 0.800. The van der Waals surface area contributed by atoms with E-state index in [0.29, 0.717) is 24.7 Å². The average molecular weight is 406 g/mol. The van der Waals surface area contributed by atoms with Crippen LogP contribution < -0.4 is 10.2 Å². The summed E-state index contributed by atoms with van der Waals surface area (Å²) in [6.07, 6.45) is -0.780. The fourth-order valence-electron chi connectivity index (χ4n) is 4.48. The smallest absolute Gasteiger partial charge is 0.299 e. The van der Waals surface area contributed by atoms with Crippen molar-refractivity contribution in [1.82, 2.24) is 25.1 Å². The van der Waals surface area contributed by atoms with E-state index in [4.69, 9.17) is 4.42 Å². The summed E-state index contributed by atoms with van der Waals surface area (Å²) >= 11 is 0. The number of aromatic nitrogens is 2. The van der Waals surface area contributed by atoms with Crippen LogP contribution in [0.4, 0.5) is 14.8 Å². The zero-order chi connectivity index (χ0) is 20.0. The monoisotopic (exact) mass is 406 g/mol. The summed E-state index contributed by atoms with van der Waals surface area (Å²) in [5, 5.41) is 3.24. The summed E-state index contributed by atoms with van der Waals surface area (Å²) in [5.41, 5.74) is 1.29. The molecule has 10 heteroatoms. The van der Waals surface area contributed by atoms with Crippen LogP contribution in [0, 0.1) is 0 Å². The van der Waals surface area contributed by atoms with Crippen LogP contribution in [0.3, 0.4) is 0 Å². The summed E-state index contributed by atoms with van der Waals surface area (Å²) in [7, 11) is 0. The lowest BCUT2D eigenvalue weighted by molar-refractivity contribution is -0.132. The number of hydrogen-bond donors (Lipinski definition) is 1. The molecule has 0 bridgehead atoms. The van der Waals surface area contributed by atoms with Crippen LogP contribution in [0.1, 0.15) is 6.42 Å². The molecule has 1 N–H and O–H groups in total. The Bertz CT molecular complexity index is 843. The number of oxazole rings is 1. The van der Waals surface area contributed by atoms with Gasteiger partial charge in [-0.05, 0) is 18.6 Å². The van der Waals surface area contributed by atoms with E-state index in [1.54, 1.807) is 6.20 Å². The molecule has 0 aromatic carbocycles. The molecule has 0 radical (unpaired) electrons. The minimum absolute atomic E-state index is 0.138. The first-order chi connectivity index (χ1) is 14.1. The van der Waals surface area contributed by atoms with Crippen LogP contribution in [0.15, 0.2) is 22.7 Å². The number of anilines is 1. The molecule has 2 aromatic rings. The number of likely N-dealkylation sites (tertiary alicyclic amines) is 1. The maximum Gasteiger partial charge on any atom is 0.299 e. The lowest BCUT2D eigenvalue weighted by Crippen LogP contribution is -2.51. The van der Waals surface area contributed by atoms with Gasteiger partial charge in [0.05, 0.1) is 19.1 Å². The normalized spacial score (nSPS) is 31.1. The molecule has 0 aliphatic carbocycles. The van der Waals surface area contributed by atoms with E-state index in [1.807, 2.05) is 12.1 Å². The standard InChI is InChI=1S/C19H24F2N6O2/c20-13-10-27(11-14(13)21)18(28)16-8-12(9-23-16)25-4-6-26(7-5-25)19-24-15-2-1-3-22-17(15)29-19/h1-3,12-14,16,23H,4-11H2/t12-,13-,14+,16-/m0/s1. The van der Waals surface area contributed by atoms with Crippen LogP contribution >= 0.6 is 0 Å². The van der Waals surface area contributed by atoms with Crippen LogP contribution in [-0.4, -0.2) is 95.9 Å². The van der Waals surface area contributed by atoms with Gasteiger partial charge >= 0.3 is 0 Å². The number of fused-ring (bicyclic) bond motifs is 1. The number of alkyl halides is 2. The molecule has 0 saturated carbocycles. The molecular weight excluding hydrogens is 382 g/mol. The van der Waals surface area contributed by atoms with Gasteiger partial charge in [0.25, 0.3) is 6.01 Å². The first kappa shape index (κ1) is 18.7. The Labute approximate surface area is 166 Å². The lowest BCUT2D eigenvalue weighted by atomic mass is 10.1. The van der Waals surface area contributed by atoms with Gasteiger partial charge in [0, 0.05) is 45.0 Å². The Morgan fingerprint density at radius 1 is 1.17 bits per heavy atom. The summed E-state index contributed by atoms with van der Waals surface area (Å²) in [4.78, 5) is 27.0. The van der Waals surface area contributed by atoms with E-state index in [9.17, 15) is 13.6 Å². The van der Waals surface area contributed by atoms with Gasteiger partial charge < -0.3 is 19.5 Å². The van der Waals surface area contributed by atoms with Gasteiger partial charge in [-0.1, -0.05) is 0 Å². The van der Waals surface area contributed by atoms with Crippen LogP contribution in [0.2, 0.25) is 0 Å². The maximum absolute atomic E-state index is 13.4. The molecule has 3 saturated heterocycles. The number of pyridine rings is 1. The number of rotatable bonds is 3. The van der Waals surface area contributed by atoms with Crippen molar-refractivity contribution in [1.29, 1.82) is 0 Å². The number of amides is 1. The van der Waals surface area contributed by atoms with E-state index in [1.165, 1.54) is 4.90 Å². The lowest BCUT2D eigenvalue weighted by Gasteiger charge is -2.37. The topological polar surface area (TPSA) is 77.7 Å². The highest BCUT2D eigenvalue weighted by Crippen LogP contribution is 2.24. The van der Waals surface area contributed by atoms with Crippen molar-refractivity contribution in [2.75, 3.05) is 50.7 Å². The third-order valence-electron chi connectivity index (χ3n) is 6.16. The molecule has 3 fully saturated rings. The highest BCUT2D eigenvalue weighted by Gasteiger charge is 2.41. The van der Waals surface area contributed by atoms with Gasteiger partial charge in [0.15, 0.2) is 12.3 Å². The molecule has 3 aliphatic heterocycles. The second-order valence-electron chi connectivity index (χ2n) is 7.97. The van der Waals surface area contributed by atoms with Crippen LogP contribution in [0.25, 0.3) is 11.2 Å². The molecule has 156 valence electrons. The van der Waals surface area contributed by atoms with Crippen molar-refractivity contribution < 1.29 is 18.0 Å². The minimum Gasteiger partial charge on any atom is -0.404 e. The number of carbonyl (C=O) groups excluding carboxylic acids is 1. The summed E-state index contributed by atoms with van der Waals surface area (Å²) in [6, 6.07) is 4.18. The van der Waals surface area contributed by atoms with Gasteiger partial charge in [-0.2, -0.15) is 4.98 Å². The first-order valence-electron chi connectivity index (χ1n) is 10.1. The molecule has 2 aromatic heterocycles. The van der Waals surface area contributed by atoms with Crippen molar-refractivity contribution in [2.45, 2.75) is 30.8 Å². The van der Waals surface area contributed by atoms with Gasteiger partial charge in [0.2, 0.25) is 11.6 Å². The predicted octanol–water partition coefficient (Wildman–Crippen LogP) is 0.594. The Morgan fingerprint density at radius 3 is 2.66 bits per heavy atom. The van der Waals surface area contributed by atoms with Crippen molar-refractivity contribution >= 4 is 23.2 Å². The molecule has 5 heterocycles. The zero-order valence-electron chi connectivity index (χ0n) is 16.0. The molecule has 1 amide bonds. The van der Waals surface area contributed by atoms with Crippen molar-refractivity contribution in [3.63, 3.8) is 0 Å². The Kier molecular flexibility index (Phi) is 4.83. The van der Waals surface area contributed by atoms with E-state index in [-0.39, 0.29) is 31.1 Å². The average Bonchev–Trinajstić information content (AvgIpc) is 3.46. The van der Waals surface area contributed by atoms with Gasteiger partial charge in [-0.3, -0.25) is 9.69 Å². The Hall–Kier alpha value is -2.33. The molecule has 0 unspecified atom stereocenters. The molecule has 0 spiro atoms. The van der Waals surface area contributed by atoms with E-state index >= 15 is 0 Å². The molecule has 5 rings (SSSR count). The molecule has 4 atom stereocenters. The molecule has 8 nitrogen and oxygen atoms in total. The van der Waals surface area contributed by atoms with E-state index < -0.39 is 12.3 Å². The fraction of sp³-hybridized carbons (Fsp3) is 0.632. The number of piperazine rings is 1. The number of carbonyl (C=O) groups is 1. The Morgan fingerprint density at radius 2 is 1.93 bits per heavy atom. The number of nitrogens with zero attached hydrogens (tertiary/aromatic N) is 5. The van der Waals surface area contributed by atoms with Gasteiger partial charge in [-0.25, -0.2) is 13.8 Å². The zero-order valence-corrected chi connectivity index (χ0v) is 16.0. The van der Waals surface area contributed by atoms with Crippen molar-refractivity contribution in [2.24, 2.45) is 0 Å². The molecule has 29 heavy (non-hydrogen) atoms. The largest absolute Gasteiger partial charge is 0.404 e. The first-order valence-corrected chi connectivity index (χ1v) is 10.1. The third kappa shape index (κ3) is 3.55.